The van der Waals surface area contributed by atoms with E-state index in [0.717, 1.165) is 44.4 Å². The van der Waals surface area contributed by atoms with Crippen LogP contribution in [0.5, 0.6) is 0 Å². The van der Waals surface area contributed by atoms with Crippen LogP contribution in [0, 0.1) is 5.92 Å². The molecule has 1 aliphatic carbocycles. The Kier molecular flexibility index (Phi) is 16.5. The second kappa shape index (κ2) is 19.7. The van der Waals surface area contributed by atoms with E-state index in [1.807, 2.05) is 0 Å². The molecule has 0 radical (unpaired) electrons. The van der Waals surface area contributed by atoms with Gasteiger partial charge in [-0.15, -0.1) is 0 Å². The van der Waals surface area contributed by atoms with Crippen molar-refractivity contribution < 1.29 is 49.0 Å². The summed E-state index contributed by atoms with van der Waals surface area (Å²) in [6.45, 7) is 4.74. The van der Waals surface area contributed by atoms with Crippen LogP contribution in [0.3, 0.4) is 0 Å². The first-order valence-corrected chi connectivity index (χ1v) is 17.0. The van der Waals surface area contributed by atoms with Crippen LogP contribution in [0.15, 0.2) is 0 Å². The molecular formula is C32H57N3O10. The van der Waals surface area contributed by atoms with Crippen LogP contribution in [0.4, 0.5) is 0 Å². The van der Waals surface area contributed by atoms with Crippen molar-refractivity contribution in [2.24, 2.45) is 5.92 Å². The Morgan fingerprint density at radius 1 is 0.911 bits per heavy atom. The molecule has 6 N–H and O–H groups in total. The molecule has 3 rings (SSSR count). The number of hydrogen-bond donors (Lipinski definition) is 6. The summed E-state index contributed by atoms with van der Waals surface area (Å²) in [7, 11) is 0. The lowest BCUT2D eigenvalue weighted by molar-refractivity contribution is -0.270. The Labute approximate surface area is 267 Å². The van der Waals surface area contributed by atoms with Gasteiger partial charge < -0.3 is 50.2 Å². The summed E-state index contributed by atoms with van der Waals surface area (Å²) < 4.78 is 17.4. The summed E-state index contributed by atoms with van der Waals surface area (Å²) in [5.41, 5.74) is 0. The molecule has 5 unspecified atom stereocenters. The lowest BCUT2D eigenvalue weighted by Gasteiger charge is -2.42. The Balaban J connectivity index is 1.20. The Bertz CT molecular complexity index is 902. The molecule has 13 nitrogen and oxygen atoms in total. The number of unbranched alkanes of at least 4 members (excludes halogenated alkanes) is 4. The van der Waals surface area contributed by atoms with Gasteiger partial charge in [0.05, 0.1) is 31.5 Å². The summed E-state index contributed by atoms with van der Waals surface area (Å²) in [6.07, 6.45) is 5.27. The van der Waals surface area contributed by atoms with Crippen molar-refractivity contribution in [1.29, 1.82) is 0 Å². The minimum absolute atomic E-state index is 0.0300. The summed E-state index contributed by atoms with van der Waals surface area (Å²) in [5.74, 6) is 0.381. The predicted octanol–water partition coefficient (Wildman–Crippen LogP) is 0.741. The third kappa shape index (κ3) is 12.7. The van der Waals surface area contributed by atoms with Crippen molar-refractivity contribution in [2.45, 2.75) is 146 Å². The molecule has 45 heavy (non-hydrogen) atoms. The highest BCUT2D eigenvalue weighted by Gasteiger charge is 2.45. The molecular weight excluding hydrogens is 586 g/mol. The number of hydrogen-bond acceptors (Lipinski definition) is 10. The van der Waals surface area contributed by atoms with Gasteiger partial charge in [0.25, 0.3) is 0 Å². The number of aliphatic hydroxyl groups is 4. The Morgan fingerprint density at radius 3 is 2.33 bits per heavy atom. The number of amides is 3. The molecule has 0 aromatic carbocycles. The Morgan fingerprint density at radius 2 is 1.62 bits per heavy atom. The minimum Gasteiger partial charge on any atom is -0.394 e. The average Bonchev–Trinajstić information content (AvgIpc) is 3.39. The normalized spacial score (nSPS) is 32.0. The summed E-state index contributed by atoms with van der Waals surface area (Å²) in [5, 5.41) is 45.4. The van der Waals surface area contributed by atoms with Gasteiger partial charge in [-0.3, -0.25) is 14.4 Å². The van der Waals surface area contributed by atoms with Crippen LogP contribution < -0.4 is 10.6 Å². The van der Waals surface area contributed by atoms with Gasteiger partial charge in [0.2, 0.25) is 17.7 Å². The van der Waals surface area contributed by atoms with Crippen LogP contribution in [0.1, 0.15) is 97.3 Å². The van der Waals surface area contributed by atoms with E-state index < -0.39 is 49.3 Å². The first-order chi connectivity index (χ1) is 21.6. The monoisotopic (exact) mass is 643 g/mol. The average molecular weight is 644 g/mol. The molecule has 2 saturated heterocycles. The van der Waals surface area contributed by atoms with Crippen LogP contribution in [-0.4, -0.2) is 125 Å². The molecule has 13 heteroatoms. The molecule has 0 aromatic rings. The minimum atomic E-state index is -1.36. The molecule has 260 valence electrons. The summed E-state index contributed by atoms with van der Waals surface area (Å²) >= 11 is 0. The van der Waals surface area contributed by atoms with E-state index in [2.05, 4.69) is 17.6 Å². The molecule has 3 aliphatic rings. The van der Waals surface area contributed by atoms with Crippen molar-refractivity contribution in [1.82, 2.24) is 15.5 Å². The quantitative estimate of drug-likeness (QED) is 0.116. The number of carbonyl (C=O) groups excluding carboxylic acids is 3. The molecule has 0 bridgehead atoms. The molecule has 0 aromatic heterocycles. The van der Waals surface area contributed by atoms with Crippen LogP contribution in [0.25, 0.3) is 0 Å². The highest BCUT2D eigenvalue weighted by molar-refractivity contribution is 5.77. The second-order valence-electron chi connectivity index (χ2n) is 13.1. The zero-order valence-electron chi connectivity index (χ0n) is 27.1. The van der Waals surface area contributed by atoms with E-state index in [1.54, 1.807) is 4.90 Å². The van der Waals surface area contributed by atoms with Crippen LogP contribution in [-0.2, 0) is 28.6 Å². The molecule has 0 spiro atoms. The number of β-amino-alcohol motifs (C(OH)–C–C–N with tert-alkyl or cyclic N) is 1. The molecule has 2 heterocycles. The van der Waals surface area contributed by atoms with E-state index in [4.69, 9.17) is 14.2 Å². The molecule has 3 amide bonds. The lowest BCUT2D eigenvalue weighted by atomic mass is 9.89. The largest absolute Gasteiger partial charge is 0.394 e. The molecule has 7 atom stereocenters. The van der Waals surface area contributed by atoms with E-state index in [-0.39, 0.29) is 30.6 Å². The van der Waals surface area contributed by atoms with Gasteiger partial charge in [-0.05, 0) is 63.7 Å². The number of nitrogens with one attached hydrogen (secondary N) is 2. The van der Waals surface area contributed by atoms with Crippen molar-refractivity contribution in [3.63, 3.8) is 0 Å². The number of ether oxygens (including phenoxy) is 3. The van der Waals surface area contributed by atoms with E-state index in [1.165, 1.54) is 19.8 Å². The number of likely N-dealkylation sites (tertiary alicyclic amines) is 1. The zero-order chi connectivity index (χ0) is 32.8. The van der Waals surface area contributed by atoms with E-state index >= 15 is 0 Å². The van der Waals surface area contributed by atoms with Crippen molar-refractivity contribution in [3.8, 4) is 0 Å². The smallest absolute Gasteiger partial charge is 0.222 e. The maximum Gasteiger partial charge on any atom is 0.222 e. The van der Waals surface area contributed by atoms with Gasteiger partial charge in [0.15, 0.2) is 6.29 Å². The third-order valence-electron chi connectivity index (χ3n) is 9.17. The predicted molar refractivity (Wildman–Crippen MR) is 165 cm³/mol. The second-order valence-corrected chi connectivity index (χ2v) is 13.1. The highest BCUT2D eigenvalue weighted by atomic mass is 16.7. The van der Waals surface area contributed by atoms with E-state index in [9.17, 15) is 34.8 Å². The zero-order valence-corrected chi connectivity index (χ0v) is 27.1. The molecule has 3 fully saturated rings. The highest BCUT2D eigenvalue weighted by Crippen LogP contribution is 2.27. The first-order valence-electron chi connectivity index (χ1n) is 17.0. The van der Waals surface area contributed by atoms with Gasteiger partial charge in [-0.2, -0.15) is 0 Å². The standard InChI is InChI=1S/C32H57N3O10/c1-21-11-13-25(14-12-21)44-20-23-17-24(38)18-35(23)28(40)10-6-3-7-15-33-27(39)9-5-4-8-16-43-32-29(34-22(2)37)31(42)30(41)26(19-36)45-32/h21,23-26,29-32,36,38,41-42H,3-20H2,1-2H3,(H,33,39)(H,34,37)/t21?,23-,24+,25?,26?,29?,30?,31?,32?/m0/s1. The molecule has 2 aliphatic heterocycles. The van der Waals surface area contributed by atoms with Crippen molar-refractivity contribution in [3.05, 3.63) is 0 Å². The van der Waals surface area contributed by atoms with Gasteiger partial charge in [0, 0.05) is 39.5 Å². The van der Waals surface area contributed by atoms with Crippen LogP contribution in [0.2, 0.25) is 0 Å². The van der Waals surface area contributed by atoms with Crippen molar-refractivity contribution in [2.75, 3.05) is 32.9 Å². The fourth-order valence-electron chi connectivity index (χ4n) is 6.41. The number of carbonyl (C=O) groups is 3. The number of nitrogens with zero attached hydrogens (tertiary/aromatic N) is 1. The number of rotatable bonds is 18. The topological polar surface area (TPSA) is 187 Å². The fourth-order valence-corrected chi connectivity index (χ4v) is 6.41. The maximum absolute atomic E-state index is 12.9. The van der Waals surface area contributed by atoms with E-state index in [0.29, 0.717) is 51.8 Å². The van der Waals surface area contributed by atoms with Crippen molar-refractivity contribution >= 4 is 17.7 Å². The fraction of sp³-hybridized carbons (Fsp3) is 0.906. The summed E-state index contributed by atoms with van der Waals surface area (Å²) in [6, 6.07) is -1.02. The summed E-state index contributed by atoms with van der Waals surface area (Å²) in [4.78, 5) is 38.4. The lowest BCUT2D eigenvalue weighted by Crippen LogP contribution is -2.64. The first kappa shape index (κ1) is 37.6. The van der Waals surface area contributed by atoms with Crippen LogP contribution >= 0.6 is 0 Å². The van der Waals surface area contributed by atoms with Gasteiger partial charge in [-0.25, -0.2) is 0 Å². The third-order valence-corrected chi connectivity index (χ3v) is 9.17. The van der Waals surface area contributed by atoms with Gasteiger partial charge in [-0.1, -0.05) is 19.8 Å². The maximum atomic E-state index is 12.9. The Hall–Kier alpha value is -1.87. The number of aliphatic hydroxyl groups excluding tert-OH is 4. The molecule has 1 saturated carbocycles. The van der Waals surface area contributed by atoms with Gasteiger partial charge in [0.1, 0.15) is 24.4 Å². The SMILES string of the molecule is CC(=O)NC1C(OCCCCCC(=O)NCCCCCC(=O)N2C[C@H](O)C[C@H]2COC2CCC(C)CC2)OC(CO)C(O)C1O. The van der Waals surface area contributed by atoms with Gasteiger partial charge >= 0.3 is 0 Å².